The summed E-state index contributed by atoms with van der Waals surface area (Å²) in [6.45, 7) is 2.31. The van der Waals surface area contributed by atoms with Crippen LogP contribution in [0.15, 0.2) is 48.5 Å². The minimum absolute atomic E-state index is 0.109. The number of esters is 1. The molecule has 2 aliphatic heterocycles. The predicted octanol–water partition coefficient (Wildman–Crippen LogP) is 2.72. The molecule has 3 heterocycles. The van der Waals surface area contributed by atoms with Gasteiger partial charge in [-0.2, -0.15) is 4.37 Å². The molecular formula is C24H22N4O6S. The van der Waals surface area contributed by atoms with Crippen LogP contribution in [0, 0.1) is 0 Å². The second-order valence-electron chi connectivity index (χ2n) is 7.99. The Labute approximate surface area is 205 Å². The fourth-order valence-electron chi connectivity index (χ4n) is 4.19. The number of ether oxygens (including phenoxy) is 3. The first-order valence-electron chi connectivity index (χ1n) is 11.0. The molecule has 35 heavy (non-hydrogen) atoms. The second-order valence-corrected chi connectivity index (χ2v) is 8.51. The summed E-state index contributed by atoms with van der Waals surface area (Å²) in [4.78, 5) is 42.5. The zero-order valence-corrected chi connectivity index (χ0v) is 19.7. The van der Waals surface area contributed by atoms with E-state index in [0.717, 1.165) is 16.6 Å². The molecule has 1 fully saturated rings. The third-order valence-corrected chi connectivity index (χ3v) is 6.46. The third kappa shape index (κ3) is 4.47. The summed E-state index contributed by atoms with van der Waals surface area (Å²) in [6, 6.07) is 12.6. The fourth-order valence-corrected chi connectivity index (χ4v) is 4.70. The number of benzene rings is 2. The maximum atomic E-state index is 13.2. The number of hydrogen-bond donors (Lipinski definition) is 0. The number of fused-ring (bicyclic) bond motifs is 1. The molecule has 2 aromatic carbocycles. The van der Waals surface area contributed by atoms with Gasteiger partial charge in [0.1, 0.15) is 5.75 Å². The number of hydrogen-bond acceptors (Lipinski definition) is 10. The summed E-state index contributed by atoms with van der Waals surface area (Å²) in [5.41, 5.74) is 1.22. The standard InChI is InChI=1S/C24H22N4O6S/c1-32-16-8-6-15(7-9-16)19(28-23(30)17-4-2-3-5-18(17)24(28)31)14-20(29)34-22-21(25-35-26-22)27-10-12-33-13-11-27/h2-9,19H,10-14H2,1H3/t19-/m0/s1. The van der Waals surface area contributed by atoms with Gasteiger partial charge in [0.25, 0.3) is 17.7 Å². The zero-order chi connectivity index (χ0) is 24.4. The van der Waals surface area contributed by atoms with Crippen molar-refractivity contribution < 1.29 is 28.6 Å². The molecular weight excluding hydrogens is 472 g/mol. The van der Waals surface area contributed by atoms with Gasteiger partial charge in [-0.3, -0.25) is 19.3 Å². The van der Waals surface area contributed by atoms with Crippen molar-refractivity contribution in [2.45, 2.75) is 12.5 Å². The lowest BCUT2D eigenvalue weighted by Crippen LogP contribution is -2.37. The Morgan fingerprint density at radius 1 is 1.03 bits per heavy atom. The van der Waals surface area contributed by atoms with Crippen LogP contribution in [0.25, 0.3) is 0 Å². The number of aromatic nitrogens is 2. The minimum Gasteiger partial charge on any atom is -0.497 e. The van der Waals surface area contributed by atoms with Crippen molar-refractivity contribution in [2.24, 2.45) is 0 Å². The number of carbonyl (C=O) groups is 3. The van der Waals surface area contributed by atoms with Gasteiger partial charge in [0, 0.05) is 13.1 Å². The molecule has 0 spiro atoms. The fraction of sp³-hybridized carbons (Fsp3) is 0.292. The van der Waals surface area contributed by atoms with E-state index in [0.29, 0.717) is 54.6 Å². The van der Waals surface area contributed by atoms with Crippen LogP contribution in [-0.4, -0.2) is 64.8 Å². The van der Waals surface area contributed by atoms with Gasteiger partial charge in [-0.15, -0.1) is 4.37 Å². The van der Waals surface area contributed by atoms with E-state index in [9.17, 15) is 14.4 Å². The van der Waals surface area contributed by atoms with E-state index < -0.39 is 23.8 Å². The van der Waals surface area contributed by atoms with E-state index in [1.807, 2.05) is 4.90 Å². The number of nitrogens with zero attached hydrogens (tertiary/aromatic N) is 4. The van der Waals surface area contributed by atoms with Gasteiger partial charge >= 0.3 is 5.97 Å². The van der Waals surface area contributed by atoms with Crippen molar-refractivity contribution in [3.63, 3.8) is 0 Å². The largest absolute Gasteiger partial charge is 0.497 e. The van der Waals surface area contributed by atoms with Crippen LogP contribution in [0.1, 0.15) is 38.7 Å². The normalized spacial score (nSPS) is 16.3. The smallest absolute Gasteiger partial charge is 0.315 e. The molecule has 2 amide bonds. The molecule has 0 saturated carbocycles. The highest BCUT2D eigenvalue weighted by atomic mass is 32.1. The van der Waals surface area contributed by atoms with Crippen molar-refractivity contribution in [1.82, 2.24) is 13.6 Å². The SMILES string of the molecule is COc1ccc([C@H](CC(=O)Oc2nsnc2N2CCOCC2)N2C(=O)c3ccccc3C2=O)cc1. The van der Waals surface area contributed by atoms with E-state index >= 15 is 0 Å². The van der Waals surface area contributed by atoms with Crippen LogP contribution in [0.3, 0.4) is 0 Å². The molecule has 1 saturated heterocycles. The Hall–Kier alpha value is -3.83. The van der Waals surface area contributed by atoms with Gasteiger partial charge in [-0.1, -0.05) is 24.3 Å². The molecule has 0 bridgehead atoms. The van der Waals surface area contributed by atoms with Crippen LogP contribution >= 0.6 is 11.7 Å². The summed E-state index contributed by atoms with van der Waals surface area (Å²) in [7, 11) is 1.54. The summed E-state index contributed by atoms with van der Waals surface area (Å²) in [6.07, 6.45) is -0.252. The lowest BCUT2D eigenvalue weighted by molar-refractivity contribution is -0.135. The topological polar surface area (TPSA) is 111 Å². The number of methoxy groups -OCH3 is 1. The first-order valence-corrected chi connectivity index (χ1v) is 11.8. The molecule has 0 aliphatic carbocycles. The molecule has 5 rings (SSSR count). The highest BCUT2D eigenvalue weighted by molar-refractivity contribution is 6.99. The number of rotatable bonds is 7. The number of imide groups is 1. The lowest BCUT2D eigenvalue weighted by atomic mass is 10.0. The van der Waals surface area contributed by atoms with Crippen LogP contribution in [0.2, 0.25) is 0 Å². The van der Waals surface area contributed by atoms with Gasteiger partial charge in [0.15, 0.2) is 0 Å². The number of amides is 2. The van der Waals surface area contributed by atoms with Crippen LogP contribution in [0.4, 0.5) is 5.82 Å². The molecule has 1 aromatic heterocycles. The van der Waals surface area contributed by atoms with Crippen molar-refractivity contribution in [1.29, 1.82) is 0 Å². The summed E-state index contributed by atoms with van der Waals surface area (Å²) in [5.74, 6) is -0.344. The monoisotopic (exact) mass is 494 g/mol. The summed E-state index contributed by atoms with van der Waals surface area (Å²) < 4.78 is 24.6. The number of carbonyl (C=O) groups excluding carboxylic acids is 3. The molecule has 0 unspecified atom stereocenters. The van der Waals surface area contributed by atoms with Crippen molar-refractivity contribution in [2.75, 3.05) is 38.3 Å². The van der Waals surface area contributed by atoms with Gasteiger partial charge < -0.3 is 19.1 Å². The Bertz CT molecular complexity index is 1220. The molecule has 180 valence electrons. The molecule has 3 aromatic rings. The Kier molecular flexibility index (Phi) is 6.43. The van der Waals surface area contributed by atoms with E-state index in [-0.39, 0.29) is 12.3 Å². The average Bonchev–Trinajstić information content (AvgIpc) is 3.45. The van der Waals surface area contributed by atoms with Crippen LogP contribution < -0.4 is 14.4 Å². The first kappa shape index (κ1) is 22.9. The number of morpholine rings is 1. The predicted molar refractivity (Wildman–Crippen MR) is 126 cm³/mol. The van der Waals surface area contributed by atoms with E-state index in [1.54, 1.807) is 55.6 Å². The minimum atomic E-state index is -0.876. The van der Waals surface area contributed by atoms with E-state index in [1.165, 1.54) is 0 Å². The maximum Gasteiger partial charge on any atom is 0.315 e. The van der Waals surface area contributed by atoms with Crippen LogP contribution in [0.5, 0.6) is 11.6 Å². The Balaban J connectivity index is 1.41. The second kappa shape index (κ2) is 9.80. The number of anilines is 1. The molecule has 10 nitrogen and oxygen atoms in total. The molecule has 1 atom stereocenters. The maximum absolute atomic E-state index is 13.2. The quantitative estimate of drug-likeness (QED) is 0.361. The average molecular weight is 495 g/mol. The van der Waals surface area contributed by atoms with Gasteiger partial charge in [-0.05, 0) is 29.8 Å². The molecule has 2 aliphatic rings. The molecule has 0 radical (unpaired) electrons. The van der Waals surface area contributed by atoms with Gasteiger partial charge in [0.05, 0.1) is 55.6 Å². The third-order valence-electron chi connectivity index (χ3n) is 5.96. The molecule has 11 heteroatoms. The Morgan fingerprint density at radius 2 is 1.69 bits per heavy atom. The highest BCUT2D eigenvalue weighted by Gasteiger charge is 2.41. The van der Waals surface area contributed by atoms with Gasteiger partial charge in [0.2, 0.25) is 5.82 Å². The van der Waals surface area contributed by atoms with Crippen molar-refractivity contribution in [3.8, 4) is 11.6 Å². The Morgan fingerprint density at radius 3 is 2.31 bits per heavy atom. The summed E-state index contributed by atoms with van der Waals surface area (Å²) >= 11 is 0.947. The zero-order valence-electron chi connectivity index (χ0n) is 18.9. The van der Waals surface area contributed by atoms with E-state index in [2.05, 4.69) is 8.75 Å². The lowest BCUT2D eigenvalue weighted by Gasteiger charge is -2.27. The van der Waals surface area contributed by atoms with Gasteiger partial charge in [-0.25, -0.2) is 0 Å². The summed E-state index contributed by atoms with van der Waals surface area (Å²) in [5, 5.41) is 0. The van der Waals surface area contributed by atoms with E-state index in [4.69, 9.17) is 14.2 Å². The van der Waals surface area contributed by atoms with Crippen molar-refractivity contribution >= 4 is 35.3 Å². The molecule has 0 N–H and O–H groups in total. The first-order chi connectivity index (χ1) is 17.1. The highest BCUT2D eigenvalue weighted by Crippen LogP contribution is 2.35. The van der Waals surface area contributed by atoms with Crippen LogP contribution in [-0.2, 0) is 9.53 Å². The van der Waals surface area contributed by atoms with Crippen molar-refractivity contribution in [3.05, 3.63) is 65.2 Å².